The van der Waals surface area contributed by atoms with Crippen LogP contribution in [0.15, 0.2) is 96.1 Å². The van der Waals surface area contributed by atoms with Gasteiger partial charge >= 0.3 is 0 Å². The van der Waals surface area contributed by atoms with E-state index in [0.29, 0.717) is 6.54 Å². The molecule has 1 aliphatic heterocycles. The lowest BCUT2D eigenvalue weighted by Crippen LogP contribution is -2.68. The molecule has 1 heterocycles. The van der Waals surface area contributed by atoms with Crippen LogP contribution in [0, 0.1) is 0 Å². The molecule has 6 heteroatoms. The third kappa shape index (κ3) is 4.96. The van der Waals surface area contributed by atoms with Crippen molar-refractivity contribution in [2.24, 2.45) is 5.11 Å². The van der Waals surface area contributed by atoms with Crippen LogP contribution in [0.2, 0.25) is 5.04 Å². The molecule has 2 atom stereocenters. The van der Waals surface area contributed by atoms with Crippen LogP contribution in [0.3, 0.4) is 0 Å². The fraction of sp³-hybridized carbons (Fsp3) is 0.357. The standard InChI is InChI=1S/C28H34N4OSi/c1-28(2,3)34(24-15-9-5-10-16-24,25-17-11-6-12-18-25)33-27-19-20-32(26(27)21-30-31-29)22-23-13-7-4-8-14-23/h4-18,26-27H,19-22H2,1-3H3/t26-,27+/m1/s1. The van der Waals surface area contributed by atoms with E-state index in [1.165, 1.54) is 15.9 Å². The molecule has 3 aromatic rings. The molecule has 5 nitrogen and oxygen atoms in total. The van der Waals surface area contributed by atoms with Crippen molar-refractivity contribution >= 4 is 18.7 Å². The predicted octanol–water partition coefficient (Wildman–Crippen LogP) is 5.52. The Bertz CT molecular complexity index is 1060. The Hall–Kier alpha value is -2.89. The lowest BCUT2D eigenvalue weighted by molar-refractivity contribution is 0.128. The molecule has 0 unspecified atom stereocenters. The summed E-state index contributed by atoms with van der Waals surface area (Å²) in [6.45, 7) is 9.07. The van der Waals surface area contributed by atoms with Crippen LogP contribution in [-0.4, -0.2) is 38.5 Å². The van der Waals surface area contributed by atoms with E-state index in [9.17, 15) is 0 Å². The largest absolute Gasteiger partial charge is 0.403 e. The summed E-state index contributed by atoms with van der Waals surface area (Å²) in [5, 5.41) is 6.47. The predicted molar refractivity (Wildman–Crippen MR) is 142 cm³/mol. The third-order valence-corrected chi connectivity index (χ3v) is 12.0. The van der Waals surface area contributed by atoms with Gasteiger partial charge in [0.15, 0.2) is 0 Å². The van der Waals surface area contributed by atoms with Crippen molar-refractivity contribution in [3.05, 3.63) is 107 Å². The van der Waals surface area contributed by atoms with Crippen LogP contribution < -0.4 is 10.4 Å². The van der Waals surface area contributed by atoms with E-state index in [0.717, 1.165) is 19.5 Å². The minimum atomic E-state index is -2.68. The van der Waals surface area contributed by atoms with Crippen LogP contribution in [0.1, 0.15) is 32.8 Å². The molecule has 4 rings (SSSR count). The molecular weight excluding hydrogens is 436 g/mol. The monoisotopic (exact) mass is 470 g/mol. The van der Waals surface area contributed by atoms with Crippen LogP contribution in [0.5, 0.6) is 0 Å². The Morgan fingerprint density at radius 2 is 1.44 bits per heavy atom. The van der Waals surface area contributed by atoms with Gasteiger partial charge in [0, 0.05) is 30.6 Å². The van der Waals surface area contributed by atoms with Crippen molar-refractivity contribution < 1.29 is 4.43 Å². The van der Waals surface area contributed by atoms with Crippen molar-refractivity contribution in [2.75, 3.05) is 13.1 Å². The van der Waals surface area contributed by atoms with E-state index in [-0.39, 0.29) is 17.2 Å². The highest BCUT2D eigenvalue weighted by atomic mass is 28.4. The van der Waals surface area contributed by atoms with Crippen molar-refractivity contribution in [3.63, 3.8) is 0 Å². The molecule has 0 amide bonds. The van der Waals surface area contributed by atoms with Gasteiger partial charge in [0.05, 0.1) is 6.10 Å². The minimum absolute atomic E-state index is 0.0134. The fourth-order valence-electron chi connectivity index (χ4n) is 5.31. The Labute approximate surface area is 204 Å². The SMILES string of the molecule is CC(C)(C)[Si](O[C@H]1CCN(Cc2ccccc2)[C@@H]1CN=[N+]=[N-])(c1ccccc1)c1ccccc1. The van der Waals surface area contributed by atoms with Gasteiger partial charge in [-0.3, -0.25) is 4.90 Å². The molecular formula is C28H34N4OSi. The number of likely N-dealkylation sites (tertiary alicyclic amines) is 1. The number of hydrogen-bond donors (Lipinski definition) is 0. The highest BCUT2D eigenvalue weighted by Gasteiger charge is 2.53. The minimum Gasteiger partial charge on any atom is -0.403 e. The van der Waals surface area contributed by atoms with Crippen LogP contribution in [0.25, 0.3) is 10.4 Å². The maximum Gasteiger partial charge on any atom is 0.261 e. The van der Waals surface area contributed by atoms with E-state index >= 15 is 0 Å². The van der Waals surface area contributed by atoms with Crippen molar-refractivity contribution in [2.45, 2.75) is 50.9 Å². The summed E-state index contributed by atoms with van der Waals surface area (Å²) in [6, 6.07) is 32.0. The summed E-state index contributed by atoms with van der Waals surface area (Å²) >= 11 is 0. The first-order valence-electron chi connectivity index (χ1n) is 12.0. The maximum atomic E-state index is 9.11. The summed E-state index contributed by atoms with van der Waals surface area (Å²) in [7, 11) is -2.68. The number of azide groups is 1. The van der Waals surface area contributed by atoms with Crippen molar-refractivity contribution in [1.82, 2.24) is 4.90 Å². The molecule has 3 aromatic carbocycles. The molecule has 176 valence electrons. The molecule has 0 aliphatic carbocycles. The number of rotatable bonds is 8. The Morgan fingerprint density at radius 3 is 1.94 bits per heavy atom. The third-order valence-electron chi connectivity index (χ3n) is 6.90. The smallest absolute Gasteiger partial charge is 0.261 e. The second kappa shape index (κ2) is 10.6. The zero-order valence-corrected chi connectivity index (χ0v) is 21.3. The number of benzene rings is 3. The normalized spacial score (nSPS) is 19.0. The summed E-state index contributed by atoms with van der Waals surface area (Å²) in [6.07, 6.45) is 0.906. The molecule has 34 heavy (non-hydrogen) atoms. The van der Waals surface area contributed by atoms with E-state index in [2.05, 4.69) is 121 Å². The van der Waals surface area contributed by atoms with E-state index < -0.39 is 8.32 Å². The number of hydrogen-bond acceptors (Lipinski definition) is 3. The molecule has 1 aliphatic rings. The van der Waals surface area contributed by atoms with E-state index in [4.69, 9.17) is 9.96 Å². The summed E-state index contributed by atoms with van der Waals surface area (Å²) in [5.74, 6) is 0. The number of nitrogens with zero attached hydrogens (tertiary/aromatic N) is 4. The molecule has 0 N–H and O–H groups in total. The highest BCUT2D eigenvalue weighted by molar-refractivity contribution is 6.99. The van der Waals surface area contributed by atoms with Gasteiger partial charge in [-0.2, -0.15) is 0 Å². The summed E-state index contributed by atoms with van der Waals surface area (Å²) in [4.78, 5) is 5.51. The molecule has 0 aromatic heterocycles. The van der Waals surface area contributed by atoms with Crippen LogP contribution in [0.4, 0.5) is 0 Å². The van der Waals surface area contributed by atoms with Gasteiger partial charge in [-0.05, 0) is 32.9 Å². The lowest BCUT2D eigenvalue weighted by atomic mass is 10.1. The van der Waals surface area contributed by atoms with Gasteiger partial charge < -0.3 is 4.43 Å². The molecule has 0 saturated carbocycles. The summed E-state index contributed by atoms with van der Waals surface area (Å²) in [5.41, 5.74) is 10.4. The zero-order valence-electron chi connectivity index (χ0n) is 20.3. The van der Waals surface area contributed by atoms with Gasteiger partial charge in [-0.1, -0.05) is 117 Å². The second-order valence-corrected chi connectivity index (χ2v) is 14.3. The van der Waals surface area contributed by atoms with E-state index in [1.807, 2.05) is 6.07 Å². The fourth-order valence-corrected chi connectivity index (χ4v) is 10.1. The molecule has 0 radical (unpaired) electrons. The zero-order chi connectivity index (χ0) is 24.0. The maximum absolute atomic E-state index is 9.11. The first-order chi connectivity index (χ1) is 16.5. The van der Waals surface area contributed by atoms with Gasteiger partial charge in [0.1, 0.15) is 0 Å². The van der Waals surface area contributed by atoms with Gasteiger partial charge in [-0.15, -0.1) is 0 Å². The quantitative estimate of drug-likeness (QED) is 0.188. The van der Waals surface area contributed by atoms with E-state index in [1.54, 1.807) is 0 Å². The average molecular weight is 471 g/mol. The second-order valence-electron chi connectivity index (χ2n) is 10.0. The topological polar surface area (TPSA) is 61.2 Å². The average Bonchev–Trinajstić information content (AvgIpc) is 3.22. The van der Waals surface area contributed by atoms with Gasteiger partial charge in [0.25, 0.3) is 8.32 Å². The van der Waals surface area contributed by atoms with Crippen molar-refractivity contribution in [3.8, 4) is 0 Å². The Balaban J connectivity index is 1.75. The van der Waals surface area contributed by atoms with Gasteiger partial charge in [-0.25, -0.2) is 0 Å². The Kier molecular flexibility index (Phi) is 7.54. The van der Waals surface area contributed by atoms with Gasteiger partial charge in [0.2, 0.25) is 0 Å². The molecule has 0 spiro atoms. The van der Waals surface area contributed by atoms with Crippen LogP contribution in [-0.2, 0) is 11.0 Å². The van der Waals surface area contributed by atoms with Crippen molar-refractivity contribution in [1.29, 1.82) is 0 Å². The highest BCUT2D eigenvalue weighted by Crippen LogP contribution is 2.39. The molecule has 1 fully saturated rings. The summed E-state index contributed by atoms with van der Waals surface area (Å²) < 4.78 is 7.43. The molecule has 0 bridgehead atoms. The van der Waals surface area contributed by atoms with Crippen LogP contribution >= 0.6 is 0 Å². The first kappa shape index (κ1) is 24.2. The lowest BCUT2D eigenvalue weighted by Gasteiger charge is -2.45. The molecule has 1 saturated heterocycles. The first-order valence-corrected chi connectivity index (χ1v) is 13.9. The Morgan fingerprint density at radius 1 is 0.912 bits per heavy atom.